The first kappa shape index (κ1) is 21.5. The summed E-state index contributed by atoms with van der Waals surface area (Å²) >= 11 is 5.85. The number of ether oxygens (including phenoxy) is 1. The van der Waals surface area contributed by atoms with Crippen LogP contribution in [0.15, 0.2) is 24.3 Å². The molecule has 1 N–H and O–H groups in total. The Morgan fingerprint density at radius 1 is 1.22 bits per heavy atom. The third-order valence-corrected chi connectivity index (χ3v) is 5.62. The molecular formula is C21H31ClN2O3. The van der Waals surface area contributed by atoms with E-state index in [9.17, 15) is 9.59 Å². The molecule has 1 heterocycles. The number of piperidine rings is 1. The standard InChI is InChI=1S/C21H31ClN2O3/c1-4-5-16-6-8-18(9-7-16)27-14-19(25)24-12-10-17(11-13-24)23-20(26)21(2,3)15-22/h6-9,17H,4-5,10-15H2,1-3H3,(H,23,26). The second kappa shape index (κ2) is 9.98. The molecule has 150 valence electrons. The van der Waals surface area contributed by atoms with Crippen LogP contribution in [-0.4, -0.2) is 48.3 Å². The molecule has 1 fully saturated rings. The van der Waals surface area contributed by atoms with Gasteiger partial charge in [-0.15, -0.1) is 11.6 Å². The SMILES string of the molecule is CCCc1ccc(OCC(=O)N2CCC(NC(=O)C(C)(C)CCl)CC2)cc1. The second-order valence-corrected chi connectivity index (χ2v) is 8.10. The zero-order valence-corrected chi connectivity index (χ0v) is 17.3. The van der Waals surface area contributed by atoms with Crippen molar-refractivity contribution in [1.29, 1.82) is 0 Å². The zero-order valence-electron chi connectivity index (χ0n) is 16.6. The predicted molar refractivity (Wildman–Crippen MR) is 108 cm³/mol. The number of carbonyl (C=O) groups is 2. The number of aryl methyl sites for hydroxylation is 1. The van der Waals surface area contributed by atoms with E-state index in [4.69, 9.17) is 16.3 Å². The lowest BCUT2D eigenvalue weighted by molar-refractivity contribution is -0.134. The maximum Gasteiger partial charge on any atom is 0.260 e. The smallest absolute Gasteiger partial charge is 0.260 e. The maximum absolute atomic E-state index is 12.4. The van der Waals surface area contributed by atoms with E-state index in [-0.39, 0.29) is 30.3 Å². The molecule has 0 aromatic heterocycles. The van der Waals surface area contributed by atoms with Crippen molar-refractivity contribution in [2.24, 2.45) is 5.41 Å². The highest BCUT2D eigenvalue weighted by Crippen LogP contribution is 2.19. The van der Waals surface area contributed by atoms with E-state index in [1.54, 1.807) is 4.90 Å². The maximum atomic E-state index is 12.4. The van der Waals surface area contributed by atoms with Crippen molar-refractivity contribution < 1.29 is 14.3 Å². The van der Waals surface area contributed by atoms with Crippen LogP contribution in [0.2, 0.25) is 0 Å². The highest BCUT2D eigenvalue weighted by atomic mass is 35.5. The Kier molecular flexibility index (Phi) is 7.96. The summed E-state index contributed by atoms with van der Waals surface area (Å²) in [6, 6.07) is 8.01. The lowest BCUT2D eigenvalue weighted by atomic mass is 9.93. The quantitative estimate of drug-likeness (QED) is 0.687. The molecule has 27 heavy (non-hydrogen) atoms. The first-order chi connectivity index (χ1) is 12.9. The number of hydrogen-bond donors (Lipinski definition) is 1. The summed E-state index contributed by atoms with van der Waals surface area (Å²) in [5.41, 5.74) is 0.701. The van der Waals surface area contributed by atoms with Crippen molar-refractivity contribution in [3.8, 4) is 5.75 Å². The van der Waals surface area contributed by atoms with Crippen LogP contribution >= 0.6 is 11.6 Å². The fourth-order valence-electron chi connectivity index (χ4n) is 2.99. The van der Waals surface area contributed by atoms with Gasteiger partial charge in [-0.05, 0) is 50.8 Å². The summed E-state index contributed by atoms with van der Waals surface area (Å²) in [7, 11) is 0. The number of halogens is 1. The minimum atomic E-state index is -0.574. The molecule has 1 saturated heterocycles. The second-order valence-electron chi connectivity index (χ2n) is 7.83. The molecule has 2 rings (SSSR count). The van der Waals surface area contributed by atoms with E-state index in [0.717, 1.165) is 25.7 Å². The van der Waals surface area contributed by atoms with Gasteiger partial charge in [0, 0.05) is 25.0 Å². The predicted octanol–water partition coefficient (Wildman–Crippen LogP) is 3.39. The van der Waals surface area contributed by atoms with Crippen molar-refractivity contribution >= 4 is 23.4 Å². The van der Waals surface area contributed by atoms with Gasteiger partial charge in [0.25, 0.3) is 5.91 Å². The van der Waals surface area contributed by atoms with Crippen LogP contribution in [0.1, 0.15) is 45.6 Å². The van der Waals surface area contributed by atoms with Gasteiger partial charge in [-0.3, -0.25) is 9.59 Å². The molecule has 0 spiro atoms. The largest absolute Gasteiger partial charge is 0.484 e. The van der Waals surface area contributed by atoms with E-state index in [0.29, 0.717) is 18.8 Å². The Morgan fingerprint density at radius 2 is 1.85 bits per heavy atom. The van der Waals surface area contributed by atoms with E-state index in [1.165, 1.54) is 5.56 Å². The Hall–Kier alpha value is -1.75. The average Bonchev–Trinajstić information content (AvgIpc) is 2.68. The van der Waals surface area contributed by atoms with Crippen molar-refractivity contribution in [3.05, 3.63) is 29.8 Å². The summed E-state index contributed by atoms with van der Waals surface area (Å²) in [5, 5.41) is 3.05. The fourth-order valence-corrected chi connectivity index (χ4v) is 3.11. The Balaban J connectivity index is 1.74. The first-order valence-corrected chi connectivity index (χ1v) is 10.3. The van der Waals surface area contributed by atoms with Crippen molar-refractivity contribution in [2.45, 2.75) is 52.5 Å². The molecule has 1 aliphatic rings. The number of hydrogen-bond acceptors (Lipinski definition) is 3. The number of nitrogens with one attached hydrogen (secondary N) is 1. The van der Waals surface area contributed by atoms with Crippen LogP contribution in [0.5, 0.6) is 5.75 Å². The van der Waals surface area contributed by atoms with Crippen LogP contribution in [-0.2, 0) is 16.0 Å². The minimum absolute atomic E-state index is 0.0153. The molecule has 0 saturated carbocycles. The number of amides is 2. The highest BCUT2D eigenvalue weighted by molar-refractivity contribution is 6.19. The van der Waals surface area contributed by atoms with Gasteiger partial charge in [0.05, 0.1) is 5.41 Å². The molecule has 1 aliphatic heterocycles. The molecule has 0 aliphatic carbocycles. The molecule has 0 atom stereocenters. The van der Waals surface area contributed by atoms with Gasteiger partial charge in [0.15, 0.2) is 6.61 Å². The van der Waals surface area contributed by atoms with E-state index in [1.807, 2.05) is 38.1 Å². The zero-order chi connectivity index (χ0) is 19.9. The summed E-state index contributed by atoms with van der Waals surface area (Å²) < 4.78 is 5.63. The first-order valence-electron chi connectivity index (χ1n) is 9.72. The normalized spacial score (nSPS) is 15.5. The minimum Gasteiger partial charge on any atom is -0.484 e. The Bertz CT molecular complexity index is 623. The number of nitrogens with zero attached hydrogens (tertiary/aromatic N) is 1. The molecule has 0 unspecified atom stereocenters. The van der Waals surface area contributed by atoms with Crippen molar-refractivity contribution in [1.82, 2.24) is 10.2 Å². The van der Waals surface area contributed by atoms with Gasteiger partial charge in [-0.1, -0.05) is 25.5 Å². The summed E-state index contributed by atoms with van der Waals surface area (Å²) in [4.78, 5) is 26.4. The number of rotatable bonds is 8. The van der Waals surface area contributed by atoms with Gasteiger partial charge in [-0.25, -0.2) is 0 Å². The number of benzene rings is 1. The average molecular weight is 395 g/mol. The van der Waals surface area contributed by atoms with Gasteiger partial charge in [0.1, 0.15) is 5.75 Å². The number of alkyl halides is 1. The topological polar surface area (TPSA) is 58.6 Å². The van der Waals surface area contributed by atoms with E-state index in [2.05, 4.69) is 12.2 Å². The number of carbonyl (C=O) groups excluding carboxylic acids is 2. The van der Waals surface area contributed by atoms with Gasteiger partial charge < -0.3 is 15.0 Å². The van der Waals surface area contributed by atoms with Crippen molar-refractivity contribution in [2.75, 3.05) is 25.6 Å². The Labute approximate surface area is 167 Å². The lowest BCUT2D eigenvalue weighted by Gasteiger charge is -2.34. The summed E-state index contributed by atoms with van der Waals surface area (Å²) in [6.45, 7) is 7.12. The van der Waals surface area contributed by atoms with Crippen LogP contribution in [0, 0.1) is 5.41 Å². The molecule has 0 bridgehead atoms. The molecule has 0 radical (unpaired) electrons. The van der Waals surface area contributed by atoms with Crippen LogP contribution in [0.3, 0.4) is 0 Å². The van der Waals surface area contributed by atoms with Crippen LogP contribution in [0.4, 0.5) is 0 Å². The lowest BCUT2D eigenvalue weighted by Crippen LogP contribution is -2.50. The molecule has 5 nitrogen and oxygen atoms in total. The Morgan fingerprint density at radius 3 is 2.41 bits per heavy atom. The monoisotopic (exact) mass is 394 g/mol. The van der Waals surface area contributed by atoms with E-state index < -0.39 is 5.41 Å². The highest BCUT2D eigenvalue weighted by Gasteiger charge is 2.30. The summed E-state index contributed by atoms with van der Waals surface area (Å²) in [6.07, 6.45) is 3.66. The van der Waals surface area contributed by atoms with Gasteiger partial charge >= 0.3 is 0 Å². The molecule has 1 aromatic carbocycles. The third-order valence-electron chi connectivity index (χ3n) is 4.96. The molecular weight excluding hydrogens is 364 g/mol. The molecule has 2 amide bonds. The van der Waals surface area contributed by atoms with E-state index >= 15 is 0 Å². The number of likely N-dealkylation sites (tertiary alicyclic amines) is 1. The fraction of sp³-hybridized carbons (Fsp3) is 0.619. The van der Waals surface area contributed by atoms with Crippen LogP contribution in [0.25, 0.3) is 0 Å². The van der Waals surface area contributed by atoms with Gasteiger partial charge in [-0.2, -0.15) is 0 Å². The van der Waals surface area contributed by atoms with Crippen molar-refractivity contribution in [3.63, 3.8) is 0 Å². The van der Waals surface area contributed by atoms with Crippen LogP contribution < -0.4 is 10.1 Å². The molecule has 1 aromatic rings. The summed E-state index contributed by atoms with van der Waals surface area (Å²) in [5.74, 6) is 0.955. The van der Waals surface area contributed by atoms with Gasteiger partial charge in [0.2, 0.25) is 5.91 Å². The third kappa shape index (κ3) is 6.42. The molecule has 6 heteroatoms.